The number of carbonyl (C=O) groups excluding carboxylic acids is 4. The molecular formula is C16H10O6. The first-order chi connectivity index (χ1) is 10.6. The summed E-state index contributed by atoms with van der Waals surface area (Å²) in [5.74, 6) is -3.46. The summed E-state index contributed by atoms with van der Waals surface area (Å²) < 4.78 is 9.31. The van der Waals surface area contributed by atoms with Gasteiger partial charge in [0.05, 0.1) is 23.5 Å². The number of ether oxygens (including phenoxy) is 2. The van der Waals surface area contributed by atoms with Crippen molar-refractivity contribution in [3.05, 3.63) is 41.0 Å². The highest BCUT2D eigenvalue weighted by Gasteiger charge is 2.47. The first-order valence-electron chi connectivity index (χ1n) is 6.89. The highest BCUT2D eigenvalue weighted by Crippen LogP contribution is 2.47. The monoisotopic (exact) mass is 298 g/mol. The second kappa shape index (κ2) is 4.37. The summed E-state index contributed by atoms with van der Waals surface area (Å²) in [6.07, 6.45) is 0.188. The van der Waals surface area contributed by atoms with Gasteiger partial charge in [-0.15, -0.1) is 0 Å². The molecule has 6 heteroatoms. The predicted octanol–water partition coefficient (Wildman–Crippen LogP) is 1.10. The number of esters is 4. The van der Waals surface area contributed by atoms with E-state index in [9.17, 15) is 19.2 Å². The van der Waals surface area contributed by atoms with E-state index in [-0.39, 0.29) is 29.9 Å². The van der Waals surface area contributed by atoms with Crippen LogP contribution in [0.15, 0.2) is 29.8 Å². The molecule has 6 nitrogen and oxygen atoms in total. The first kappa shape index (κ1) is 12.9. The van der Waals surface area contributed by atoms with E-state index in [0.717, 1.165) is 5.56 Å². The van der Waals surface area contributed by atoms with E-state index in [4.69, 9.17) is 0 Å². The molecular weight excluding hydrogens is 288 g/mol. The molecule has 0 spiro atoms. The molecule has 110 valence electrons. The van der Waals surface area contributed by atoms with Crippen molar-refractivity contribution < 1.29 is 28.7 Å². The Morgan fingerprint density at radius 3 is 2.36 bits per heavy atom. The minimum atomic E-state index is -0.669. The summed E-state index contributed by atoms with van der Waals surface area (Å²) in [7, 11) is 0. The molecule has 0 bridgehead atoms. The molecule has 3 aliphatic rings. The van der Waals surface area contributed by atoms with Crippen LogP contribution in [0, 0.1) is 5.92 Å². The molecule has 1 saturated heterocycles. The third-order valence-electron chi connectivity index (χ3n) is 4.38. The van der Waals surface area contributed by atoms with Crippen molar-refractivity contribution in [2.45, 2.75) is 18.8 Å². The third-order valence-corrected chi connectivity index (χ3v) is 4.38. The fraction of sp³-hybridized carbons (Fsp3) is 0.250. The van der Waals surface area contributed by atoms with Gasteiger partial charge in [0.15, 0.2) is 0 Å². The van der Waals surface area contributed by atoms with Gasteiger partial charge >= 0.3 is 23.9 Å². The zero-order chi connectivity index (χ0) is 15.4. The van der Waals surface area contributed by atoms with Crippen molar-refractivity contribution in [3.63, 3.8) is 0 Å². The lowest BCUT2D eigenvalue weighted by Crippen LogP contribution is -2.23. The molecule has 1 aromatic rings. The molecule has 2 aliphatic heterocycles. The highest BCUT2D eigenvalue weighted by atomic mass is 16.6. The normalized spacial score (nSPS) is 26.7. The minimum Gasteiger partial charge on any atom is -0.393 e. The van der Waals surface area contributed by atoms with Crippen molar-refractivity contribution >= 4 is 29.5 Å². The van der Waals surface area contributed by atoms with E-state index in [0.29, 0.717) is 5.56 Å². The number of rotatable bonds is 1. The van der Waals surface area contributed by atoms with E-state index < -0.39 is 29.8 Å². The molecule has 4 rings (SSSR count). The average molecular weight is 298 g/mol. The Morgan fingerprint density at radius 2 is 1.64 bits per heavy atom. The van der Waals surface area contributed by atoms with Crippen molar-refractivity contribution in [1.82, 2.24) is 0 Å². The van der Waals surface area contributed by atoms with E-state index in [1.807, 2.05) is 0 Å². The smallest absolute Gasteiger partial charge is 0.347 e. The molecule has 0 saturated carbocycles. The quantitative estimate of drug-likeness (QED) is 0.570. The van der Waals surface area contributed by atoms with Crippen molar-refractivity contribution in [2.75, 3.05) is 0 Å². The average Bonchev–Trinajstić information content (AvgIpc) is 2.97. The van der Waals surface area contributed by atoms with E-state index in [1.165, 1.54) is 0 Å². The van der Waals surface area contributed by atoms with Crippen LogP contribution in [0.5, 0.6) is 0 Å². The molecule has 22 heavy (non-hydrogen) atoms. The lowest BCUT2D eigenvalue weighted by Gasteiger charge is -2.27. The van der Waals surface area contributed by atoms with Crippen molar-refractivity contribution in [2.24, 2.45) is 5.92 Å². The van der Waals surface area contributed by atoms with E-state index in [2.05, 4.69) is 9.47 Å². The van der Waals surface area contributed by atoms with Gasteiger partial charge in [0.25, 0.3) is 0 Å². The molecule has 0 radical (unpaired) electrons. The zero-order valence-electron chi connectivity index (χ0n) is 11.3. The van der Waals surface area contributed by atoms with Crippen LogP contribution in [0.25, 0.3) is 5.57 Å². The Balaban J connectivity index is 1.86. The highest BCUT2D eigenvalue weighted by molar-refractivity contribution is 6.31. The molecule has 1 aromatic carbocycles. The van der Waals surface area contributed by atoms with Gasteiger partial charge in [-0.1, -0.05) is 24.3 Å². The second-order valence-electron chi connectivity index (χ2n) is 5.53. The number of cyclic esters (lactones) is 4. The van der Waals surface area contributed by atoms with E-state index >= 15 is 0 Å². The SMILES string of the molecule is O=C1CC(C2CC3=C(C(=O)OC3=O)c3ccccc32)C(=O)O1. The summed E-state index contributed by atoms with van der Waals surface area (Å²) in [5, 5.41) is 0. The van der Waals surface area contributed by atoms with Gasteiger partial charge in [0, 0.05) is 5.92 Å². The molecule has 1 fully saturated rings. The molecule has 2 unspecified atom stereocenters. The van der Waals surface area contributed by atoms with Crippen LogP contribution in [0.2, 0.25) is 0 Å². The van der Waals surface area contributed by atoms with Gasteiger partial charge in [0.2, 0.25) is 0 Å². The summed E-state index contributed by atoms with van der Waals surface area (Å²) >= 11 is 0. The molecule has 0 N–H and O–H groups in total. The van der Waals surface area contributed by atoms with Gasteiger partial charge < -0.3 is 9.47 Å². The second-order valence-corrected chi connectivity index (χ2v) is 5.53. The first-order valence-corrected chi connectivity index (χ1v) is 6.89. The minimum absolute atomic E-state index is 0.0105. The largest absolute Gasteiger partial charge is 0.393 e. The maximum atomic E-state index is 11.9. The maximum absolute atomic E-state index is 11.9. The van der Waals surface area contributed by atoms with Gasteiger partial charge in [-0.3, -0.25) is 9.59 Å². The number of carbonyl (C=O) groups is 4. The predicted molar refractivity (Wildman–Crippen MR) is 71.0 cm³/mol. The maximum Gasteiger partial charge on any atom is 0.347 e. The summed E-state index contributed by atoms with van der Waals surface area (Å²) in [5.41, 5.74) is 1.91. The summed E-state index contributed by atoms with van der Waals surface area (Å²) in [4.78, 5) is 47.0. The van der Waals surface area contributed by atoms with Crippen LogP contribution >= 0.6 is 0 Å². The standard InChI is InChI=1S/C16H10O6/c17-12-6-10(14(18)21-12)9-5-11-13(16(20)22-15(11)19)8-4-2-1-3-7(8)9/h1-4,9-10H,5-6H2. The van der Waals surface area contributed by atoms with Crippen molar-refractivity contribution in [1.29, 1.82) is 0 Å². The topological polar surface area (TPSA) is 86.7 Å². The number of benzene rings is 1. The lowest BCUT2D eigenvalue weighted by molar-refractivity contribution is -0.154. The fourth-order valence-corrected chi connectivity index (χ4v) is 3.42. The Hall–Kier alpha value is -2.76. The van der Waals surface area contributed by atoms with Crippen LogP contribution in [0.4, 0.5) is 0 Å². The molecule has 1 aliphatic carbocycles. The van der Waals surface area contributed by atoms with Gasteiger partial charge in [-0.05, 0) is 17.5 Å². The third kappa shape index (κ3) is 1.67. The van der Waals surface area contributed by atoms with Crippen LogP contribution in [-0.4, -0.2) is 23.9 Å². The van der Waals surface area contributed by atoms with Crippen LogP contribution < -0.4 is 0 Å². The number of fused-ring (bicyclic) bond motifs is 2. The summed E-state index contributed by atoms with van der Waals surface area (Å²) in [6, 6.07) is 7.07. The Kier molecular flexibility index (Phi) is 2.57. The Bertz CT molecular complexity index is 788. The lowest BCUT2D eigenvalue weighted by atomic mass is 9.73. The zero-order valence-corrected chi connectivity index (χ0v) is 11.3. The number of hydrogen-bond donors (Lipinski definition) is 0. The molecule has 2 heterocycles. The van der Waals surface area contributed by atoms with Crippen LogP contribution in [0.1, 0.15) is 29.9 Å². The molecule has 2 atom stereocenters. The van der Waals surface area contributed by atoms with Gasteiger partial charge in [-0.25, -0.2) is 9.59 Å². The van der Waals surface area contributed by atoms with Crippen LogP contribution in [0.3, 0.4) is 0 Å². The Labute approximate surface area is 124 Å². The number of hydrogen-bond acceptors (Lipinski definition) is 6. The Morgan fingerprint density at radius 1 is 0.864 bits per heavy atom. The van der Waals surface area contributed by atoms with Gasteiger partial charge in [-0.2, -0.15) is 0 Å². The van der Waals surface area contributed by atoms with Crippen LogP contribution in [-0.2, 0) is 28.7 Å². The van der Waals surface area contributed by atoms with E-state index in [1.54, 1.807) is 24.3 Å². The molecule has 0 aromatic heterocycles. The molecule has 0 amide bonds. The fourth-order valence-electron chi connectivity index (χ4n) is 3.42. The van der Waals surface area contributed by atoms with Crippen molar-refractivity contribution in [3.8, 4) is 0 Å². The summed E-state index contributed by atoms with van der Waals surface area (Å²) in [6.45, 7) is 0. The van der Waals surface area contributed by atoms with Gasteiger partial charge in [0.1, 0.15) is 0 Å².